The number of sulfonamides is 1. The predicted molar refractivity (Wildman–Crippen MR) is 92.1 cm³/mol. The van der Waals surface area contributed by atoms with Crippen molar-refractivity contribution >= 4 is 21.8 Å². The molecule has 0 spiro atoms. The van der Waals surface area contributed by atoms with E-state index in [0.717, 1.165) is 42.8 Å². The Morgan fingerprint density at radius 1 is 1.19 bits per heavy atom. The van der Waals surface area contributed by atoms with E-state index in [9.17, 15) is 8.42 Å². The minimum Gasteiger partial charge on any atom is -0.313 e. The lowest BCUT2D eigenvalue weighted by Crippen LogP contribution is -2.26. The van der Waals surface area contributed by atoms with Crippen LogP contribution in [-0.2, 0) is 22.3 Å². The lowest BCUT2D eigenvalue weighted by Gasteiger charge is -2.08. The van der Waals surface area contributed by atoms with Crippen LogP contribution >= 0.6 is 11.8 Å². The van der Waals surface area contributed by atoms with Crippen LogP contribution in [0.5, 0.6) is 0 Å². The molecule has 0 amide bonds. The fraction of sp³-hybridized carbons (Fsp3) is 0.600. The van der Waals surface area contributed by atoms with Crippen LogP contribution in [0.15, 0.2) is 24.3 Å². The third kappa shape index (κ3) is 8.46. The van der Waals surface area contributed by atoms with Gasteiger partial charge in [-0.1, -0.05) is 31.2 Å². The van der Waals surface area contributed by atoms with Crippen molar-refractivity contribution in [2.75, 3.05) is 25.1 Å². The molecule has 2 N–H and O–H groups in total. The van der Waals surface area contributed by atoms with Gasteiger partial charge >= 0.3 is 0 Å². The fourth-order valence-electron chi connectivity index (χ4n) is 1.95. The molecule has 0 radical (unpaired) electrons. The highest BCUT2D eigenvalue weighted by Crippen LogP contribution is 2.09. The smallest absolute Gasteiger partial charge is 0.215 e. The van der Waals surface area contributed by atoms with Gasteiger partial charge in [0.25, 0.3) is 0 Å². The molecule has 6 heteroatoms. The van der Waals surface area contributed by atoms with E-state index in [1.807, 2.05) is 30.5 Å². The zero-order chi connectivity index (χ0) is 15.6. The van der Waals surface area contributed by atoms with Gasteiger partial charge in [-0.15, -0.1) is 0 Å². The summed E-state index contributed by atoms with van der Waals surface area (Å²) in [5, 5.41) is 3.32. The molecule has 0 aromatic heterocycles. The Bertz CT molecular complexity index is 504. The number of rotatable bonds is 11. The van der Waals surface area contributed by atoms with Crippen molar-refractivity contribution in [1.82, 2.24) is 10.0 Å². The first-order valence-corrected chi connectivity index (χ1v) is 10.4. The molecule has 0 bridgehead atoms. The van der Waals surface area contributed by atoms with E-state index >= 15 is 0 Å². The Morgan fingerprint density at radius 3 is 2.67 bits per heavy atom. The van der Waals surface area contributed by atoms with Crippen molar-refractivity contribution in [2.45, 2.75) is 32.1 Å². The molecule has 0 saturated heterocycles. The fourth-order valence-corrected chi connectivity index (χ4v) is 3.56. The summed E-state index contributed by atoms with van der Waals surface area (Å²) in [7, 11) is -3.24. The van der Waals surface area contributed by atoms with Crippen LogP contribution in [0.25, 0.3) is 0 Å². The first kappa shape index (κ1) is 18.5. The maximum atomic E-state index is 12.0. The van der Waals surface area contributed by atoms with E-state index in [-0.39, 0.29) is 5.75 Å². The molecule has 120 valence electrons. The summed E-state index contributed by atoms with van der Waals surface area (Å²) in [6.45, 7) is 4.39. The van der Waals surface area contributed by atoms with Gasteiger partial charge in [0.1, 0.15) is 0 Å². The van der Waals surface area contributed by atoms with Crippen LogP contribution < -0.4 is 10.0 Å². The quantitative estimate of drug-likeness (QED) is 0.612. The average molecular weight is 331 g/mol. The lowest BCUT2D eigenvalue weighted by atomic mass is 10.1. The number of hydrogen-bond donors (Lipinski definition) is 2. The zero-order valence-electron chi connectivity index (χ0n) is 12.9. The molecule has 0 aliphatic rings. The van der Waals surface area contributed by atoms with Crippen molar-refractivity contribution in [3.63, 3.8) is 0 Å². The van der Waals surface area contributed by atoms with Gasteiger partial charge in [-0.3, -0.25) is 0 Å². The molecule has 0 aliphatic heterocycles. The van der Waals surface area contributed by atoms with E-state index in [1.165, 1.54) is 0 Å². The van der Waals surface area contributed by atoms with Crippen LogP contribution in [-0.4, -0.2) is 33.5 Å². The number of thioether (sulfide) groups is 1. The molecule has 0 heterocycles. The monoisotopic (exact) mass is 330 g/mol. The maximum absolute atomic E-state index is 12.0. The van der Waals surface area contributed by atoms with E-state index in [1.54, 1.807) is 11.8 Å². The third-order valence-electron chi connectivity index (χ3n) is 2.95. The van der Waals surface area contributed by atoms with Gasteiger partial charge < -0.3 is 5.32 Å². The van der Waals surface area contributed by atoms with Crippen molar-refractivity contribution < 1.29 is 8.42 Å². The summed E-state index contributed by atoms with van der Waals surface area (Å²) in [5.74, 6) is 1.02. The standard InChI is InChI=1S/C15H26N2O2S2/c1-3-8-16-12-14-6-4-7-15(11-14)13-21(18,19)17-9-5-10-20-2/h4,6-7,11,16-17H,3,5,8-10,12-13H2,1-2H3. The van der Waals surface area contributed by atoms with Crippen LogP contribution in [0.2, 0.25) is 0 Å². The minimum absolute atomic E-state index is 0.0495. The van der Waals surface area contributed by atoms with Crippen LogP contribution in [0, 0.1) is 0 Å². The highest BCUT2D eigenvalue weighted by Gasteiger charge is 2.11. The molecule has 1 rings (SSSR count). The van der Waals surface area contributed by atoms with Crippen molar-refractivity contribution in [3.8, 4) is 0 Å². The molecule has 0 unspecified atom stereocenters. The molecule has 0 aliphatic carbocycles. The molecule has 0 atom stereocenters. The van der Waals surface area contributed by atoms with Gasteiger partial charge in [-0.05, 0) is 42.5 Å². The largest absolute Gasteiger partial charge is 0.313 e. The molecule has 0 fully saturated rings. The molecule has 1 aromatic rings. The average Bonchev–Trinajstić information content (AvgIpc) is 2.44. The second kappa shape index (κ2) is 10.2. The van der Waals surface area contributed by atoms with Crippen LogP contribution in [0.3, 0.4) is 0 Å². The van der Waals surface area contributed by atoms with Crippen molar-refractivity contribution in [1.29, 1.82) is 0 Å². The highest BCUT2D eigenvalue weighted by atomic mass is 32.2. The SMILES string of the molecule is CCCNCc1cccc(CS(=O)(=O)NCCCSC)c1. The van der Waals surface area contributed by atoms with Gasteiger partial charge in [-0.25, -0.2) is 13.1 Å². The van der Waals surface area contributed by atoms with Gasteiger partial charge in [0, 0.05) is 13.1 Å². The van der Waals surface area contributed by atoms with E-state index in [2.05, 4.69) is 17.0 Å². The topological polar surface area (TPSA) is 58.2 Å². The normalized spacial score (nSPS) is 11.7. The molecule has 4 nitrogen and oxygen atoms in total. The second-order valence-electron chi connectivity index (χ2n) is 5.00. The lowest BCUT2D eigenvalue weighted by molar-refractivity contribution is 0.580. The van der Waals surface area contributed by atoms with Crippen LogP contribution in [0.4, 0.5) is 0 Å². The summed E-state index contributed by atoms with van der Waals surface area (Å²) >= 11 is 1.73. The number of benzene rings is 1. The van der Waals surface area contributed by atoms with Gasteiger partial charge in [-0.2, -0.15) is 11.8 Å². The minimum atomic E-state index is -3.24. The Balaban J connectivity index is 2.50. The molecular weight excluding hydrogens is 304 g/mol. The number of hydrogen-bond acceptors (Lipinski definition) is 4. The van der Waals surface area contributed by atoms with Gasteiger partial charge in [0.05, 0.1) is 5.75 Å². The molecule has 21 heavy (non-hydrogen) atoms. The van der Waals surface area contributed by atoms with E-state index in [4.69, 9.17) is 0 Å². The van der Waals surface area contributed by atoms with Crippen LogP contribution in [0.1, 0.15) is 30.9 Å². The van der Waals surface area contributed by atoms with E-state index in [0.29, 0.717) is 6.54 Å². The van der Waals surface area contributed by atoms with Gasteiger partial charge in [0.15, 0.2) is 0 Å². The highest BCUT2D eigenvalue weighted by molar-refractivity contribution is 7.98. The van der Waals surface area contributed by atoms with Gasteiger partial charge in [0.2, 0.25) is 10.0 Å². The molecular formula is C15H26N2O2S2. The first-order valence-electron chi connectivity index (χ1n) is 7.32. The molecule has 1 aromatic carbocycles. The van der Waals surface area contributed by atoms with E-state index < -0.39 is 10.0 Å². The Hall–Kier alpha value is -0.560. The zero-order valence-corrected chi connectivity index (χ0v) is 14.5. The summed E-state index contributed by atoms with van der Waals surface area (Å²) in [4.78, 5) is 0. The second-order valence-corrected chi connectivity index (χ2v) is 7.79. The third-order valence-corrected chi connectivity index (χ3v) is 5.01. The summed E-state index contributed by atoms with van der Waals surface area (Å²) < 4.78 is 26.7. The summed E-state index contributed by atoms with van der Waals surface area (Å²) in [5.41, 5.74) is 1.96. The maximum Gasteiger partial charge on any atom is 0.215 e. The Labute approximate surface area is 133 Å². The van der Waals surface area contributed by atoms with Crippen molar-refractivity contribution in [2.24, 2.45) is 0 Å². The summed E-state index contributed by atoms with van der Waals surface area (Å²) in [6.07, 6.45) is 3.97. The van der Waals surface area contributed by atoms with Crippen molar-refractivity contribution in [3.05, 3.63) is 35.4 Å². The summed E-state index contributed by atoms with van der Waals surface area (Å²) in [6, 6.07) is 7.76. The Morgan fingerprint density at radius 2 is 1.95 bits per heavy atom. The predicted octanol–water partition coefficient (Wildman–Crippen LogP) is 2.36. The number of nitrogens with one attached hydrogen (secondary N) is 2. The Kier molecular flexibility index (Phi) is 8.99. The molecule has 0 saturated carbocycles. The first-order chi connectivity index (χ1) is 10.1.